The van der Waals surface area contributed by atoms with E-state index in [4.69, 9.17) is 4.74 Å². The van der Waals surface area contributed by atoms with E-state index in [0.29, 0.717) is 0 Å². The van der Waals surface area contributed by atoms with Crippen molar-refractivity contribution in [3.8, 4) is 5.75 Å². The fourth-order valence-corrected chi connectivity index (χ4v) is 4.46. The average molecular weight is 332 g/mol. The smallest absolute Gasteiger partial charge is 0.180 e. The Kier molecular flexibility index (Phi) is 3.39. The Hall–Kier alpha value is -2.26. The molecule has 2 aliphatic heterocycles. The van der Waals surface area contributed by atoms with Gasteiger partial charge in [0, 0.05) is 18.4 Å². The summed E-state index contributed by atoms with van der Waals surface area (Å²) in [7, 11) is 0. The van der Waals surface area contributed by atoms with Gasteiger partial charge >= 0.3 is 0 Å². The summed E-state index contributed by atoms with van der Waals surface area (Å²) in [5, 5.41) is 2.38. The molecule has 0 amide bonds. The molecule has 5 rings (SSSR count). The van der Waals surface area contributed by atoms with Crippen molar-refractivity contribution in [2.75, 3.05) is 0 Å². The summed E-state index contributed by atoms with van der Waals surface area (Å²) in [6, 6.07) is 19.3. The summed E-state index contributed by atoms with van der Waals surface area (Å²) in [6.07, 6.45) is 6.93. The van der Waals surface area contributed by atoms with Crippen molar-refractivity contribution < 1.29 is 4.74 Å². The average Bonchev–Trinajstić information content (AvgIpc) is 3.12. The highest BCUT2D eigenvalue weighted by Crippen LogP contribution is 2.50. The summed E-state index contributed by atoms with van der Waals surface area (Å²) in [5.41, 5.74) is 7.13. The highest BCUT2D eigenvalue weighted by atomic mass is 16.5. The molecule has 128 valence electrons. The first-order valence-electron chi connectivity index (χ1n) is 9.36. The van der Waals surface area contributed by atoms with Crippen molar-refractivity contribution >= 4 is 5.70 Å². The van der Waals surface area contributed by atoms with Crippen LogP contribution < -0.4 is 10.2 Å². The van der Waals surface area contributed by atoms with Crippen LogP contribution in [0.3, 0.4) is 0 Å². The van der Waals surface area contributed by atoms with E-state index in [-0.39, 0.29) is 11.8 Å². The minimum atomic E-state index is -0.238. The highest BCUT2D eigenvalue weighted by molar-refractivity contribution is 5.67. The van der Waals surface area contributed by atoms with Gasteiger partial charge in [0.1, 0.15) is 5.75 Å². The molecule has 2 heterocycles. The molecule has 0 unspecified atom stereocenters. The van der Waals surface area contributed by atoms with Crippen LogP contribution in [0.15, 0.2) is 60.7 Å². The van der Waals surface area contributed by atoms with Gasteiger partial charge in [-0.05, 0) is 36.5 Å². The molecule has 3 heteroatoms. The van der Waals surface area contributed by atoms with E-state index < -0.39 is 0 Å². The first-order valence-corrected chi connectivity index (χ1v) is 9.36. The van der Waals surface area contributed by atoms with Crippen LogP contribution in [0.5, 0.6) is 5.75 Å². The number of para-hydroxylation sites is 1. The lowest BCUT2D eigenvalue weighted by Crippen LogP contribution is -2.60. The fraction of sp³-hybridized carbons (Fsp3) is 0.364. The molecular formula is C22H24N2O. The van der Waals surface area contributed by atoms with Crippen LogP contribution in [0.2, 0.25) is 0 Å². The lowest BCUT2D eigenvalue weighted by Gasteiger charge is -2.51. The third-order valence-electron chi connectivity index (χ3n) is 5.96. The van der Waals surface area contributed by atoms with Crippen LogP contribution in [-0.2, 0) is 0 Å². The zero-order valence-electron chi connectivity index (χ0n) is 14.6. The number of ether oxygens (including phenoxy) is 1. The van der Waals surface area contributed by atoms with Crippen LogP contribution in [0.1, 0.15) is 49.8 Å². The van der Waals surface area contributed by atoms with Crippen molar-refractivity contribution in [2.45, 2.75) is 44.4 Å². The summed E-state index contributed by atoms with van der Waals surface area (Å²) < 4.78 is 6.64. The number of hydrazine groups is 1. The van der Waals surface area contributed by atoms with Gasteiger partial charge in [-0.15, -0.1) is 0 Å². The van der Waals surface area contributed by atoms with E-state index in [9.17, 15) is 0 Å². The second-order valence-corrected chi connectivity index (χ2v) is 7.64. The number of hydrogen-bond acceptors (Lipinski definition) is 3. The van der Waals surface area contributed by atoms with Gasteiger partial charge < -0.3 is 10.2 Å². The molecule has 2 aromatic carbocycles. The molecule has 0 bridgehead atoms. The number of fused-ring (bicyclic) bond motifs is 4. The Morgan fingerprint density at radius 2 is 1.72 bits per heavy atom. The van der Waals surface area contributed by atoms with E-state index >= 15 is 0 Å². The Bertz CT molecular complexity index is 806. The summed E-state index contributed by atoms with van der Waals surface area (Å²) in [4.78, 5) is 0. The van der Waals surface area contributed by atoms with Crippen LogP contribution in [0, 0.1) is 5.92 Å². The molecule has 0 radical (unpaired) electrons. The molecule has 0 aromatic heterocycles. The van der Waals surface area contributed by atoms with Crippen LogP contribution >= 0.6 is 0 Å². The van der Waals surface area contributed by atoms with Crippen LogP contribution in [-0.4, -0.2) is 10.7 Å². The highest BCUT2D eigenvalue weighted by Gasteiger charge is 2.51. The van der Waals surface area contributed by atoms with Gasteiger partial charge in [-0.25, -0.2) is 0 Å². The zero-order chi connectivity index (χ0) is 16.9. The molecule has 1 atom stereocenters. The molecule has 0 saturated heterocycles. The number of hydrogen-bond donors (Lipinski definition) is 1. The predicted molar refractivity (Wildman–Crippen MR) is 99.6 cm³/mol. The Labute approximate surface area is 149 Å². The fourth-order valence-electron chi connectivity index (χ4n) is 4.46. The lowest BCUT2D eigenvalue weighted by atomic mass is 9.82. The second-order valence-electron chi connectivity index (χ2n) is 7.64. The lowest BCUT2D eigenvalue weighted by molar-refractivity contribution is -0.155. The zero-order valence-corrected chi connectivity index (χ0v) is 14.6. The Morgan fingerprint density at radius 1 is 1.00 bits per heavy atom. The molecule has 3 nitrogen and oxygen atoms in total. The standard InChI is InChI=1S/C22H24N2O/c1-16-11-13-22(14-12-16)24-20(18-9-5-6-10-21(18)25-22)15-19(23-24)17-7-3-2-4-8-17/h2-10,15-16,20,23H,11-14H2,1H3/t16?,20-,22?/m0/s1. The van der Waals surface area contributed by atoms with E-state index in [1.165, 1.54) is 29.7 Å². The Morgan fingerprint density at radius 3 is 2.52 bits per heavy atom. The van der Waals surface area contributed by atoms with Gasteiger partial charge in [0.05, 0.1) is 11.7 Å². The summed E-state index contributed by atoms with van der Waals surface area (Å²) >= 11 is 0. The monoisotopic (exact) mass is 332 g/mol. The van der Waals surface area contributed by atoms with Crippen molar-refractivity contribution in [3.63, 3.8) is 0 Å². The molecule has 1 N–H and O–H groups in total. The normalized spacial score (nSPS) is 30.8. The topological polar surface area (TPSA) is 24.5 Å². The molecule has 1 spiro atoms. The minimum Gasteiger partial charge on any atom is -0.471 e. The number of benzene rings is 2. The molecule has 2 aromatic rings. The quantitative estimate of drug-likeness (QED) is 0.805. The molecule has 1 saturated carbocycles. The van der Waals surface area contributed by atoms with Crippen molar-refractivity contribution in [3.05, 3.63) is 71.8 Å². The van der Waals surface area contributed by atoms with E-state index in [2.05, 4.69) is 78.0 Å². The predicted octanol–water partition coefficient (Wildman–Crippen LogP) is 4.89. The summed E-state index contributed by atoms with van der Waals surface area (Å²) in [6.45, 7) is 2.35. The number of nitrogens with zero attached hydrogens (tertiary/aromatic N) is 1. The molecule has 1 aliphatic carbocycles. The van der Waals surface area contributed by atoms with E-state index in [0.717, 1.165) is 24.5 Å². The van der Waals surface area contributed by atoms with Gasteiger partial charge in [-0.3, -0.25) is 0 Å². The molecular weight excluding hydrogens is 308 g/mol. The first-order chi connectivity index (χ1) is 12.3. The third kappa shape index (κ3) is 2.37. The van der Waals surface area contributed by atoms with Gasteiger partial charge in [0.15, 0.2) is 5.72 Å². The van der Waals surface area contributed by atoms with Crippen molar-refractivity contribution in [2.24, 2.45) is 5.92 Å². The van der Waals surface area contributed by atoms with Crippen molar-refractivity contribution in [1.29, 1.82) is 0 Å². The number of nitrogens with one attached hydrogen (secondary N) is 1. The maximum Gasteiger partial charge on any atom is 0.180 e. The van der Waals surface area contributed by atoms with Gasteiger partial charge in [-0.2, -0.15) is 5.01 Å². The largest absolute Gasteiger partial charge is 0.471 e. The van der Waals surface area contributed by atoms with Gasteiger partial charge in [-0.1, -0.05) is 55.5 Å². The van der Waals surface area contributed by atoms with E-state index in [1.54, 1.807) is 0 Å². The molecule has 3 aliphatic rings. The van der Waals surface area contributed by atoms with Crippen molar-refractivity contribution in [1.82, 2.24) is 10.4 Å². The molecule has 1 fully saturated rings. The SMILES string of the molecule is CC1CCC2(CC1)Oc1ccccc1[C@@H]1C=C(c3ccccc3)NN12. The minimum absolute atomic E-state index is 0.230. The Balaban J connectivity index is 1.58. The third-order valence-corrected chi connectivity index (χ3v) is 5.96. The van der Waals surface area contributed by atoms with Crippen LogP contribution in [0.4, 0.5) is 0 Å². The maximum absolute atomic E-state index is 6.64. The van der Waals surface area contributed by atoms with Gasteiger partial charge in [0.25, 0.3) is 0 Å². The second kappa shape index (κ2) is 5.63. The maximum atomic E-state index is 6.64. The van der Waals surface area contributed by atoms with Crippen LogP contribution in [0.25, 0.3) is 5.70 Å². The first kappa shape index (κ1) is 15.0. The van der Waals surface area contributed by atoms with E-state index in [1.807, 2.05) is 0 Å². The van der Waals surface area contributed by atoms with Gasteiger partial charge in [0.2, 0.25) is 0 Å². The molecule has 25 heavy (non-hydrogen) atoms. The summed E-state index contributed by atoms with van der Waals surface area (Å²) in [5.74, 6) is 1.83. The number of rotatable bonds is 1.